The summed E-state index contributed by atoms with van der Waals surface area (Å²) in [7, 11) is -3.76. The van der Waals surface area contributed by atoms with E-state index in [1.165, 1.54) is 16.6 Å². The SMILES string of the molecule is C[C@@H]1CNCCCN1S(=O)(=O)c1cccc2cncc(F)c12. The molecule has 0 amide bonds. The fraction of sp³-hybridized carbons (Fsp3) is 0.400. The first kappa shape index (κ1) is 15.3. The molecule has 2 aromatic rings. The second-order valence-corrected chi connectivity index (χ2v) is 7.36. The van der Waals surface area contributed by atoms with Gasteiger partial charge in [-0.15, -0.1) is 0 Å². The van der Waals surface area contributed by atoms with Crippen LogP contribution >= 0.6 is 0 Å². The van der Waals surface area contributed by atoms with Gasteiger partial charge in [-0.3, -0.25) is 4.98 Å². The maximum atomic E-state index is 14.2. The number of nitrogens with one attached hydrogen (secondary N) is 1. The molecule has 1 aliphatic rings. The molecule has 2 heterocycles. The monoisotopic (exact) mass is 323 g/mol. The van der Waals surface area contributed by atoms with Crippen molar-refractivity contribution in [1.29, 1.82) is 0 Å². The summed E-state index contributed by atoms with van der Waals surface area (Å²) < 4.78 is 41.7. The van der Waals surface area contributed by atoms with Crippen molar-refractivity contribution in [2.24, 2.45) is 0 Å². The van der Waals surface area contributed by atoms with E-state index in [-0.39, 0.29) is 16.3 Å². The Balaban J connectivity index is 2.17. The van der Waals surface area contributed by atoms with E-state index < -0.39 is 15.8 Å². The fourth-order valence-corrected chi connectivity index (χ4v) is 4.74. The third kappa shape index (κ3) is 2.60. The number of halogens is 1. The summed E-state index contributed by atoms with van der Waals surface area (Å²) in [6, 6.07) is 4.58. The Morgan fingerprint density at radius 1 is 1.36 bits per heavy atom. The van der Waals surface area contributed by atoms with E-state index in [0.29, 0.717) is 18.5 Å². The second-order valence-electron chi connectivity index (χ2n) is 5.50. The van der Waals surface area contributed by atoms with Crippen molar-refractivity contribution in [2.75, 3.05) is 19.6 Å². The van der Waals surface area contributed by atoms with Crippen LogP contribution in [0, 0.1) is 5.82 Å². The summed E-state index contributed by atoms with van der Waals surface area (Å²) in [6.07, 6.45) is 3.26. The van der Waals surface area contributed by atoms with Crippen LogP contribution in [0.4, 0.5) is 4.39 Å². The molecule has 22 heavy (non-hydrogen) atoms. The van der Waals surface area contributed by atoms with Gasteiger partial charge in [-0.05, 0) is 26.0 Å². The molecule has 118 valence electrons. The predicted molar refractivity (Wildman–Crippen MR) is 82.5 cm³/mol. The van der Waals surface area contributed by atoms with Crippen molar-refractivity contribution in [3.8, 4) is 0 Å². The molecular weight excluding hydrogens is 305 g/mol. The Hall–Kier alpha value is -1.57. The number of pyridine rings is 1. The van der Waals surface area contributed by atoms with Gasteiger partial charge in [0, 0.05) is 36.1 Å². The molecule has 0 unspecified atom stereocenters. The first-order chi connectivity index (χ1) is 10.5. The van der Waals surface area contributed by atoms with Gasteiger partial charge in [0.1, 0.15) is 0 Å². The summed E-state index contributed by atoms with van der Waals surface area (Å²) in [5.41, 5.74) is 0. The second kappa shape index (κ2) is 5.91. The number of nitrogens with zero attached hydrogens (tertiary/aromatic N) is 2. The molecule has 1 aromatic carbocycles. The lowest BCUT2D eigenvalue weighted by Gasteiger charge is -2.26. The van der Waals surface area contributed by atoms with Gasteiger partial charge in [0.25, 0.3) is 0 Å². The molecule has 1 aliphatic heterocycles. The molecule has 0 saturated carbocycles. The Morgan fingerprint density at radius 3 is 3.00 bits per heavy atom. The Kier molecular flexibility index (Phi) is 4.12. The number of hydrogen-bond acceptors (Lipinski definition) is 4. The molecule has 1 fully saturated rings. The zero-order valence-electron chi connectivity index (χ0n) is 12.3. The molecule has 1 atom stereocenters. The van der Waals surface area contributed by atoms with Crippen LogP contribution in [0.15, 0.2) is 35.5 Å². The first-order valence-corrected chi connectivity index (χ1v) is 8.70. The zero-order chi connectivity index (χ0) is 15.7. The highest BCUT2D eigenvalue weighted by atomic mass is 32.2. The number of sulfonamides is 1. The molecule has 1 saturated heterocycles. The highest BCUT2D eigenvalue weighted by Crippen LogP contribution is 2.28. The Labute approximate surface area is 129 Å². The topological polar surface area (TPSA) is 62.3 Å². The van der Waals surface area contributed by atoms with Crippen LogP contribution in [-0.4, -0.2) is 43.4 Å². The van der Waals surface area contributed by atoms with Gasteiger partial charge in [0.15, 0.2) is 5.82 Å². The third-order valence-corrected chi connectivity index (χ3v) is 6.00. The van der Waals surface area contributed by atoms with Gasteiger partial charge in [-0.25, -0.2) is 12.8 Å². The van der Waals surface area contributed by atoms with Gasteiger partial charge >= 0.3 is 0 Å². The normalized spacial score (nSPS) is 20.9. The largest absolute Gasteiger partial charge is 0.315 e. The molecule has 5 nitrogen and oxygen atoms in total. The summed E-state index contributed by atoms with van der Waals surface area (Å²) in [4.78, 5) is 3.80. The zero-order valence-corrected chi connectivity index (χ0v) is 13.1. The van der Waals surface area contributed by atoms with Crippen molar-refractivity contribution in [3.05, 3.63) is 36.4 Å². The van der Waals surface area contributed by atoms with Gasteiger partial charge in [-0.2, -0.15) is 4.31 Å². The summed E-state index contributed by atoms with van der Waals surface area (Å²) in [5, 5.41) is 3.81. The summed E-state index contributed by atoms with van der Waals surface area (Å²) >= 11 is 0. The lowest BCUT2D eigenvalue weighted by Crippen LogP contribution is -2.41. The number of rotatable bonds is 2. The highest BCUT2D eigenvalue weighted by Gasteiger charge is 2.31. The molecule has 1 aromatic heterocycles. The summed E-state index contributed by atoms with van der Waals surface area (Å²) in [6.45, 7) is 3.66. The molecule has 0 aliphatic carbocycles. The summed E-state index contributed by atoms with van der Waals surface area (Å²) in [5.74, 6) is -0.614. The van der Waals surface area contributed by atoms with E-state index in [1.54, 1.807) is 12.1 Å². The predicted octanol–water partition coefficient (Wildman–Crippen LogP) is 1.75. The number of hydrogen-bond donors (Lipinski definition) is 1. The van der Waals surface area contributed by atoms with E-state index in [4.69, 9.17) is 0 Å². The maximum Gasteiger partial charge on any atom is 0.244 e. The number of benzene rings is 1. The lowest BCUT2D eigenvalue weighted by molar-refractivity contribution is 0.353. The van der Waals surface area contributed by atoms with E-state index >= 15 is 0 Å². The third-order valence-electron chi connectivity index (χ3n) is 3.95. The van der Waals surface area contributed by atoms with Gasteiger partial charge < -0.3 is 5.32 Å². The standard InChI is InChI=1S/C15H18FN3O2S/c1-11-8-17-6-3-7-19(11)22(20,21)14-5-2-4-12-9-18-10-13(16)15(12)14/h2,4-5,9-11,17H,3,6-8H2,1H3/t11-/m1/s1. The van der Waals surface area contributed by atoms with Crippen LogP contribution in [0.25, 0.3) is 10.8 Å². The number of aromatic nitrogens is 1. The van der Waals surface area contributed by atoms with E-state index in [1.807, 2.05) is 6.92 Å². The maximum absolute atomic E-state index is 14.2. The van der Waals surface area contributed by atoms with Crippen LogP contribution in [0.1, 0.15) is 13.3 Å². The van der Waals surface area contributed by atoms with E-state index in [9.17, 15) is 12.8 Å². The Morgan fingerprint density at radius 2 is 2.18 bits per heavy atom. The minimum atomic E-state index is -3.76. The minimum Gasteiger partial charge on any atom is -0.315 e. The quantitative estimate of drug-likeness (QED) is 0.914. The van der Waals surface area contributed by atoms with Crippen molar-refractivity contribution < 1.29 is 12.8 Å². The molecule has 1 N–H and O–H groups in total. The van der Waals surface area contributed by atoms with Crippen molar-refractivity contribution >= 4 is 20.8 Å². The van der Waals surface area contributed by atoms with Crippen molar-refractivity contribution in [2.45, 2.75) is 24.3 Å². The fourth-order valence-electron chi connectivity index (χ4n) is 2.85. The number of fused-ring (bicyclic) bond motifs is 1. The van der Waals surface area contributed by atoms with Crippen molar-refractivity contribution in [1.82, 2.24) is 14.6 Å². The molecule has 0 radical (unpaired) electrons. The minimum absolute atomic E-state index is 0.0126. The van der Waals surface area contributed by atoms with Crippen LogP contribution < -0.4 is 5.32 Å². The molecule has 3 rings (SSSR count). The van der Waals surface area contributed by atoms with E-state index in [2.05, 4.69) is 10.3 Å². The molecule has 0 bridgehead atoms. The van der Waals surface area contributed by atoms with Crippen LogP contribution in [0.2, 0.25) is 0 Å². The average Bonchev–Trinajstić information content (AvgIpc) is 2.72. The molecule has 0 spiro atoms. The molecular formula is C15H18FN3O2S. The smallest absolute Gasteiger partial charge is 0.244 e. The van der Waals surface area contributed by atoms with Crippen LogP contribution in [-0.2, 0) is 10.0 Å². The molecule has 7 heteroatoms. The van der Waals surface area contributed by atoms with Crippen molar-refractivity contribution in [3.63, 3.8) is 0 Å². The Bertz CT molecular complexity index is 789. The average molecular weight is 323 g/mol. The van der Waals surface area contributed by atoms with Gasteiger partial charge in [0.05, 0.1) is 11.1 Å². The van der Waals surface area contributed by atoms with Crippen LogP contribution in [0.3, 0.4) is 0 Å². The first-order valence-electron chi connectivity index (χ1n) is 7.26. The lowest BCUT2D eigenvalue weighted by atomic mass is 10.2. The van der Waals surface area contributed by atoms with Gasteiger partial charge in [-0.1, -0.05) is 12.1 Å². The van der Waals surface area contributed by atoms with E-state index in [0.717, 1.165) is 19.2 Å². The van der Waals surface area contributed by atoms with Crippen LogP contribution in [0.5, 0.6) is 0 Å². The van der Waals surface area contributed by atoms with Gasteiger partial charge in [0.2, 0.25) is 10.0 Å². The highest BCUT2D eigenvalue weighted by molar-refractivity contribution is 7.89.